The Labute approximate surface area is 88.7 Å². The molecule has 4 nitrogen and oxygen atoms in total. The molecule has 1 aliphatic heterocycles. The highest BCUT2D eigenvalue weighted by Crippen LogP contribution is 2.33. The largest absolute Gasteiger partial charge is 0.465 e. The molecular formula is C10H18FNO3. The Hall–Kier alpha value is -0.840. The van der Waals surface area contributed by atoms with Gasteiger partial charge in [-0.3, -0.25) is 0 Å². The van der Waals surface area contributed by atoms with E-state index in [2.05, 4.69) is 0 Å². The van der Waals surface area contributed by atoms with Crippen LogP contribution in [0.5, 0.6) is 0 Å². The summed E-state index contributed by atoms with van der Waals surface area (Å²) in [6, 6.07) is -0.779. The molecule has 15 heavy (non-hydrogen) atoms. The molecule has 1 amide bonds. The summed E-state index contributed by atoms with van der Waals surface area (Å²) in [5, 5.41) is 18.4. The number of nitrogens with zero attached hydrogens (tertiary/aromatic N) is 1. The summed E-state index contributed by atoms with van der Waals surface area (Å²) in [6.45, 7) is 5.52. The van der Waals surface area contributed by atoms with Gasteiger partial charge in [0.2, 0.25) is 0 Å². The van der Waals surface area contributed by atoms with Crippen molar-refractivity contribution in [1.29, 1.82) is 0 Å². The van der Waals surface area contributed by atoms with Crippen LogP contribution in [0.15, 0.2) is 0 Å². The maximum atomic E-state index is 13.8. The zero-order chi connectivity index (χ0) is 11.8. The first-order valence-corrected chi connectivity index (χ1v) is 5.07. The number of hydrogen-bond donors (Lipinski definition) is 2. The van der Waals surface area contributed by atoms with Crippen LogP contribution >= 0.6 is 0 Å². The topological polar surface area (TPSA) is 60.8 Å². The third-order valence-corrected chi connectivity index (χ3v) is 2.80. The fourth-order valence-electron chi connectivity index (χ4n) is 2.11. The van der Waals surface area contributed by atoms with Crippen LogP contribution in [-0.4, -0.2) is 46.1 Å². The first-order chi connectivity index (χ1) is 6.75. The highest BCUT2D eigenvalue weighted by Gasteiger charge is 2.45. The van der Waals surface area contributed by atoms with Gasteiger partial charge in [0.05, 0.1) is 12.1 Å². The van der Waals surface area contributed by atoms with Crippen molar-refractivity contribution in [2.24, 2.45) is 5.41 Å². The van der Waals surface area contributed by atoms with E-state index in [0.29, 0.717) is 0 Å². The molecule has 0 aromatic rings. The Balaban J connectivity index is 2.95. The van der Waals surface area contributed by atoms with E-state index in [1.807, 2.05) is 0 Å². The minimum Gasteiger partial charge on any atom is -0.465 e. The van der Waals surface area contributed by atoms with Gasteiger partial charge < -0.3 is 15.1 Å². The number of halogens is 1. The van der Waals surface area contributed by atoms with Crippen molar-refractivity contribution in [1.82, 2.24) is 4.90 Å². The minimum absolute atomic E-state index is 0.167. The van der Waals surface area contributed by atoms with Gasteiger partial charge in [0, 0.05) is 6.54 Å². The maximum Gasteiger partial charge on any atom is 0.407 e. The molecule has 0 aliphatic carbocycles. The third kappa shape index (κ3) is 2.40. The normalized spacial score (nSPS) is 32.9. The van der Waals surface area contributed by atoms with Crippen molar-refractivity contribution in [2.75, 3.05) is 6.54 Å². The summed E-state index contributed by atoms with van der Waals surface area (Å²) >= 11 is 0. The Morgan fingerprint density at radius 2 is 2.00 bits per heavy atom. The van der Waals surface area contributed by atoms with E-state index in [0.717, 1.165) is 4.90 Å². The number of piperidine rings is 1. The van der Waals surface area contributed by atoms with Gasteiger partial charge in [-0.15, -0.1) is 0 Å². The molecular weight excluding hydrogens is 201 g/mol. The summed E-state index contributed by atoms with van der Waals surface area (Å²) in [4.78, 5) is 12.0. The molecule has 0 spiro atoms. The molecule has 88 valence electrons. The van der Waals surface area contributed by atoms with Gasteiger partial charge in [-0.2, -0.15) is 0 Å². The van der Waals surface area contributed by atoms with E-state index in [1.165, 1.54) is 0 Å². The van der Waals surface area contributed by atoms with Crippen LogP contribution < -0.4 is 0 Å². The fraction of sp³-hybridized carbons (Fsp3) is 0.900. The van der Waals surface area contributed by atoms with Crippen molar-refractivity contribution in [2.45, 2.75) is 45.5 Å². The highest BCUT2D eigenvalue weighted by atomic mass is 19.1. The second-order valence-electron chi connectivity index (χ2n) is 5.09. The molecule has 0 aromatic carbocycles. The van der Waals surface area contributed by atoms with Crippen LogP contribution in [0.4, 0.5) is 9.18 Å². The van der Waals surface area contributed by atoms with Crippen molar-refractivity contribution in [3.63, 3.8) is 0 Å². The molecule has 5 heteroatoms. The van der Waals surface area contributed by atoms with Crippen LogP contribution in [0.2, 0.25) is 0 Å². The zero-order valence-corrected chi connectivity index (χ0v) is 9.27. The molecule has 1 aliphatic rings. The zero-order valence-electron chi connectivity index (χ0n) is 9.27. The summed E-state index contributed by atoms with van der Waals surface area (Å²) < 4.78 is 13.8. The minimum atomic E-state index is -1.50. The van der Waals surface area contributed by atoms with Crippen LogP contribution in [0.3, 0.4) is 0 Å². The molecule has 0 bridgehead atoms. The van der Waals surface area contributed by atoms with Crippen molar-refractivity contribution in [3.05, 3.63) is 0 Å². The van der Waals surface area contributed by atoms with Gasteiger partial charge in [0.15, 0.2) is 0 Å². The average Bonchev–Trinajstić information content (AvgIpc) is 2.06. The van der Waals surface area contributed by atoms with Gasteiger partial charge in [-0.25, -0.2) is 9.18 Å². The number of aliphatic hydroxyl groups is 1. The number of hydrogen-bond acceptors (Lipinski definition) is 2. The molecule has 0 aromatic heterocycles. The summed E-state index contributed by atoms with van der Waals surface area (Å²) in [5.74, 6) is 0. The predicted molar refractivity (Wildman–Crippen MR) is 53.5 cm³/mol. The molecule has 1 saturated heterocycles. The van der Waals surface area contributed by atoms with E-state index >= 15 is 0 Å². The second kappa shape index (κ2) is 3.96. The molecule has 0 radical (unpaired) electrons. The van der Waals surface area contributed by atoms with Crippen LogP contribution in [0, 0.1) is 5.41 Å². The Morgan fingerprint density at radius 1 is 1.47 bits per heavy atom. The lowest BCUT2D eigenvalue weighted by atomic mass is 9.79. The van der Waals surface area contributed by atoms with E-state index in [4.69, 9.17) is 5.11 Å². The molecule has 1 fully saturated rings. The Bertz CT molecular complexity index is 252. The molecule has 2 N–H and O–H groups in total. The number of aliphatic hydroxyl groups excluding tert-OH is 1. The number of alkyl halides is 1. The van der Waals surface area contributed by atoms with Crippen LogP contribution in [0.25, 0.3) is 0 Å². The van der Waals surface area contributed by atoms with Crippen molar-refractivity contribution in [3.8, 4) is 0 Å². The first kappa shape index (κ1) is 12.2. The van der Waals surface area contributed by atoms with Crippen molar-refractivity contribution >= 4 is 6.09 Å². The number of rotatable bonds is 0. The standard InChI is InChI=1S/C10H18FNO3/c1-10(2,3)8-7(11)6(13)4-5-12(8)9(14)15/h6-8,13H,4-5H2,1-3H3,(H,14,15)/t6-,7+,8?/m1/s1. The first-order valence-electron chi connectivity index (χ1n) is 5.07. The lowest BCUT2D eigenvalue weighted by Crippen LogP contribution is -2.59. The van der Waals surface area contributed by atoms with E-state index < -0.39 is 29.8 Å². The molecule has 3 atom stereocenters. The Kier molecular flexibility index (Phi) is 3.23. The lowest BCUT2D eigenvalue weighted by Gasteiger charge is -2.45. The van der Waals surface area contributed by atoms with Gasteiger partial charge in [0.25, 0.3) is 0 Å². The van der Waals surface area contributed by atoms with Crippen LogP contribution in [0.1, 0.15) is 27.2 Å². The second-order valence-corrected chi connectivity index (χ2v) is 5.09. The maximum absolute atomic E-state index is 13.8. The average molecular weight is 219 g/mol. The number of likely N-dealkylation sites (tertiary alicyclic amines) is 1. The van der Waals surface area contributed by atoms with Crippen molar-refractivity contribution < 1.29 is 19.4 Å². The fourth-order valence-corrected chi connectivity index (χ4v) is 2.11. The van der Waals surface area contributed by atoms with Gasteiger partial charge >= 0.3 is 6.09 Å². The number of carboxylic acid groups (broad SMARTS) is 1. The monoisotopic (exact) mass is 219 g/mol. The molecule has 1 rings (SSSR count). The van der Waals surface area contributed by atoms with E-state index in [1.54, 1.807) is 20.8 Å². The lowest BCUT2D eigenvalue weighted by molar-refractivity contribution is -0.0609. The van der Waals surface area contributed by atoms with E-state index in [-0.39, 0.29) is 13.0 Å². The van der Waals surface area contributed by atoms with Gasteiger partial charge in [-0.05, 0) is 11.8 Å². The smallest absolute Gasteiger partial charge is 0.407 e. The predicted octanol–water partition coefficient (Wildman–Crippen LogP) is 1.48. The Morgan fingerprint density at radius 3 is 2.40 bits per heavy atom. The van der Waals surface area contributed by atoms with E-state index in [9.17, 15) is 14.3 Å². The molecule has 1 heterocycles. The number of carbonyl (C=O) groups is 1. The number of amides is 1. The van der Waals surface area contributed by atoms with Gasteiger partial charge in [-0.1, -0.05) is 20.8 Å². The highest BCUT2D eigenvalue weighted by molar-refractivity contribution is 5.66. The van der Waals surface area contributed by atoms with Gasteiger partial charge in [0.1, 0.15) is 6.17 Å². The molecule has 1 unspecified atom stereocenters. The molecule has 0 saturated carbocycles. The van der Waals surface area contributed by atoms with Crippen LogP contribution in [-0.2, 0) is 0 Å². The summed E-state index contributed by atoms with van der Waals surface area (Å²) in [6.07, 6.45) is -3.51. The summed E-state index contributed by atoms with van der Waals surface area (Å²) in [7, 11) is 0. The SMILES string of the molecule is CC(C)(C)C1[C@@H](F)[C@H](O)CCN1C(=O)O. The third-order valence-electron chi connectivity index (χ3n) is 2.80. The summed E-state index contributed by atoms with van der Waals surface area (Å²) in [5.41, 5.74) is -0.515. The quantitative estimate of drug-likeness (QED) is 0.648.